The molecule has 0 unspecified atom stereocenters. The van der Waals surface area contributed by atoms with E-state index in [1.165, 1.54) is 66.6 Å². The maximum Gasteiger partial charge on any atom is 0.264 e. The monoisotopic (exact) mass is 617 g/mol. The van der Waals surface area contributed by atoms with Crippen molar-refractivity contribution in [2.24, 2.45) is 5.92 Å². The summed E-state index contributed by atoms with van der Waals surface area (Å²) in [4.78, 5) is 28.7. The zero-order valence-corrected chi connectivity index (χ0v) is 26.0. The Hall–Kier alpha value is -3.63. The molecule has 3 rings (SSSR count). The lowest BCUT2D eigenvalue weighted by atomic mass is 10.1. The average Bonchev–Trinajstić information content (AvgIpc) is 2.95. The standard InChI is InChI=1S/C31H37ClFN3O5S/c1-6-28(31(38)34-18-21(2)3)35(19-23-9-11-24(33)12-10-23)30(37)20-36(25-13-16-29(41-5)27(32)17-25)42(39,40)26-14-7-22(4)8-15-26/h7-17,21,28H,6,18-20H2,1-5H3,(H,34,38)/t28-/m0/s1. The smallest absolute Gasteiger partial charge is 0.264 e. The summed E-state index contributed by atoms with van der Waals surface area (Å²) < 4.78 is 47.8. The number of carbonyl (C=O) groups is 2. The van der Waals surface area contributed by atoms with Crippen molar-refractivity contribution in [2.75, 3.05) is 24.5 Å². The lowest BCUT2D eigenvalue weighted by Crippen LogP contribution is -2.52. The zero-order chi connectivity index (χ0) is 31.0. The third kappa shape index (κ3) is 8.23. The van der Waals surface area contributed by atoms with Crippen LogP contribution in [0.15, 0.2) is 71.6 Å². The van der Waals surface area contributed by atoms with E-state index in [1.54, 1.807) is 19.1 Å². The predicted octanol–water partition coefficient (Wildman–Crippen LogP) is 5.57. The number of halogens is 2. The quantitative estimate of drug-likeness (QED) is 0.271. The van der Waals surface area contributed by atoms with Gasteiger partial charge in [0.25, 0.3) is 10.0 Å². The number of hydrogen-bond donors (Lipinski definition) is 1. The number of carbonyl (C=O) groups excluding carboxylic acids is 2. The van der Waals surface area contributed by atoms with Gasteiger partial charge in [0.1, 0.15) is 24.2 Å². The van der Waals surface area contributed by atoms with Crippen molar-refractivity contribution in [3.8, 4) is 5.75 Å². The van der Waals surface area contributed by atoms with Gasteiger partial charge in [-0.15, -0.1) is 0 Å². The Labute approximate surface area is 252 Å². The molecule has 8 nitrogen and oxygen atoms in total. The maximum atomic E-state index is 14.1. The Kier molecular flexibility index (Phi) is 11.4. The number of amides is 2. The molecule has 0 spiro atoms. The van der Waals surface area contributed by atoms with Crippen molar-refractivity contribution in [2.45, 2.75) is 51.6 Å². The van der Waals surface area contributed by atoms with E-state index in [1.807, 2.05) is 20.8 Å². The minimum absolute atomic E-state index is 0.0142. The highest BCUT2D eigenvalue weighted by molar-refractivity contribution is 7.92. The van der Waals surface area contributed by atoms with E-state index in [-0.39, 0.29) is 40.4 Å². The van der Waals surface area contributed by atoms with Gasteiger partial charge in [-0.3, -0.25) is 13.9 Å². The molecule has 226 valence electrons. The molecule has 3 aromatic rings. The summed E-state index contributed by atoms with van der Waals surface area (Å²) in [5.74, 6) is -0.895. The topological polar surface area (TPSA) is 96.0 Å². The molecule has 1 N–H and O–H groups in total. The van der Waals surface area contributed by atoms with Gasteiger partial charge in [0, 0.05) is 13.1 Å². The van der Waals surface area contributed by atoms with E-state index in [0.717, 1.165) is 9.87 Å². The van der Waals surface area contributed by atoms with Crippen LogP contribution in [0.3, 0.4) is 0 Å². The second-order valence-corrected chi connectivity index (χ2v) is 12.6. The third-order valence-electron chi connectivity index (χ3n) is 6.65. The fraction of sp³-hybridized carbons (Fsp3) is 0.355. The van der Waals surface area contributed by atoms with Gasteiger partial charge in [0.15, 0.2) is 0 Å². The number of methoxy groups -OCH3 is 1. The largest absolute Gasteiger partial charge is 0.495 e. The second-order valence-electron chi connectivity index (χ2n) is 10.4. The van der Waals surface area contributed by atoms with Crippen LogP contribution in [-0.2, 0) is 26.2 Å². The third-order valence-corrected chi connectivity index (χ3v) is 8.73. The fourth-order valence-corrected chi connectivity index (χ4v) is 5.96. The lowest BCUT2D eigenvalue weighted by molar-refractivity contribution is -0.140. The molecule has 2 amide bonds. The van der Waals surface area contributed by atoms with Crippen LogP contribution in [-0.4, -0.2) is 51.4 Å². The number of nitrogens with zero attached hydrogens (tertiary/aromatic N) is 2. The molecule has 0 saturated heterocycles. The van der Waals surface area contributed by atoms with Gasteiger partial charge in [0.2, 0.25) is 11.8 Å². The van der Waals surface area contributed by atoms with E-state index in [2.05, 4.69) is 5.32 Å². The van der Waals surface area contributed by atoms with Crippen molar-refractivity contribution < 1.29 is 27.1 Å². The van der Waals surface area contributed by atoms with E-state index in [4.69, 9.17) is 16.3 Å². The molecule has 0 aliphatic carbocycles. The van der Waals surface area contributed by atoms with Gasteiger partial charge in [-0.25, -0.2) is 12.8 Å². The number of nitrogens with one attached hydrogen (secondary N) is 1. The average molecular weight is 618 g/mol. The van der Waals surface area contributed by atoms with E-state index >= 15 is 0 Å². The minimum Gasteiger partial charge on any atom is -0.495 e. The summed E-state index contributed by atoms with van der Waals surface area (Å²) in [5, 5.41) is 3.04. The van der Waals surface area contributed by atoms with Crippen molar-refractivity contribution >= 4 is 39.1 Å². The van der Waals surface area contributed by atoms with Gasteiger partial charge in [-0.2, -0.15) is 0 Å². The van der Waals surface area contributed by atoms with E-state index < -0.39 is 34.3 Å². The number of anilines is 1. The molecule has 0 aromatic heterocycles. The van der Waals surface area contributed by atoms with Crippen LogP contribution in [0, 0.1) is 18.7 Å². The first-order valence-electron chi connectivity index (χ1n) is 13.6. The van der Waals surface area contributed by atoms with Crippen LogP contribution < -0.4 is 14.4 Å². The number of aryl methyl sites for hydroxylation is 1. The fourth-order valence-electron chi connectivity index (χ4n) is 4.31. The first-order chi connectivity index (χ1) is 19.9. The summed E-state index contributed by atoms with van der Waals surface area (Å²) in [5.41, 5.74) is 1.60. The molecule has 0 fully saturated rings. The zero-order valence-electron chi connectivity index (χ0n) is 24.4. The van der Waals surface area contributed by atoms with Gasteiger partial charge >= 0.3 is 0 Å². The first kappa shape index (κ1) is 32.9. The lowest BCUT2D eigenvalue weighted by Gasteiger charge is -2.33. The summed E-state index contributed by atoms with van der Waals surface area (Å²) in [6, 6.07) is 15.4. The predicted molar refractivity (Wildman–Crippen MR) is 163 cm³/mol. The Morgan fingerprint density at radius 1 is 1.02 bits per heavy atom. The van der Waals surface area contributed by atoms with E-state index in [9.17, 15) is 22.4 Å². The summed E-state index contributed by atoms with van der Waals surface area (Å²) >= 11 is 6.36. The summed E-state index contributed by atoms with van der Waals surface area (Å²) in [7, 11) is -2.81. The minimum atomic E-state index is -4.25. The molecule has 0 aliphatic rings. The number of rotatable bonds is 13. The Morgan fingerprint density at radius 3 is 2.21 bits per heavy atom. The molecule has 1 atom stereocenters. The Morgan fingerprint density at radius 2 is 1.67 bits per heavy atom. The first-order valence-corrected chi connectivity index (χ1v) is 15.4. The number of ether oxygens (including phenoxy) is 1. The molecule has 0 heterocycles. The number of hydrogen-bond acceptors (Lipinski definition) is 5. The van der Waals surface area contributed by atoms with Gasteiger partial charge < -0.3 is 15.0 Å². The van der Waals surface area contributed by atoms with Gasteiger partial charge in [-0.1, -0.05) is 62.2 Å². The molecule has 42 heavy (non-hydrogen) atoms. The summed E-state index contributed by atoms with van der Waals surface area (Å²) in [6.45, 7) is 7.28. The summed E-state index contributed by atoms with van der Waals surface area (Å²) in [6.07, 6.45) is 0.274. The highest BCUT2D eigenvalue weighted by atomic mass is 35.5. The molecule has 0 radical (unpaired) electrons. The van der Waals surface area contributed by atoms with Crippen molar-refractivity contribution in [1.82, 2.24) is 10.2 Å². The second kappa shape index (κ2) is 14.5. The number of sulfonamides is 1. The van der Waals surface area contributed by atoms with Gasteiger partial charge in [0.05, 0.1) is 22.7 Å². The maximum absolute atomic E-state index is 14.1. The Bertz CT molecular complexity index is 1480. The van der Waals surface area contributed by atoms with E-state index in [0.29, 0.717) is 17.9 Å². The van der Waals surface area contributed by atoms with Crippen molar-refractivity contribution in [3.63, 3.8) is 0 Å². The molecule has 3 aromatic carbocycles. The van der Waals surface area contributed by atoms with Crippen LogP contribution in [0.2, 0.25) is 5.02 Å². The molecular weight excluding hydrogens is 581 g/mol. The van der Waals surface area contributed by atoms with Crippen LogP contribution in [0.5, 0.6) is 5.75 Å². The Balaban J connectivity index is 2.08. The van der Waals surface area contributed by atoms with Crippen molar-refractivity contribution in [1.29, 1.82) is 0 Å². The molecular formula is C31H37ClFN3O5S. The molecule has 0 aliphatic heterocycles. The van der Waals surface area contributed by atoms with Gasteiger partial charge in [-0.05, 0) is 67.3 Å². The van der Waals surface area contributed by atoms with Crippen molar-refractivity contribution in [3.05, 3.63) is 88.7 Å². The van der Waals surface area contributed by atoms with Crippen LogP contribution in [0.1, 0.15) is 38.3 Å². The SMILES string of the molecule is CC[C@@H](C(=O)NCC(C)C)N(Cc1ccc(F)cc1)C(=O)CN(c1ccc(OC)c(Cl)c1)S(=O)(=O)c1ccc(C)cc1. The van der Waals surface area contributed by atoms with Crippen LogP contribution in [0.4, 0.5) is 10.1 Å². The molecule has 0 saturated carbocycles. The molecule has 0 bridgehead atoms. The van der Waals surface area contributed by atoms with Crippen LogP contribution in [0.25, 0.3) is 0 Å². The highest BCUT2D eigenvalue weighted by Gasteiger charge is 2.34. The van der Waals surface area contributed by atoms with Crippen LogP contribution >= 0.6 is 11.6 Å². The number of benzene rings is 3. The molecule has 11 heteroatoms. The normalized spacial score (nSPS) is 12.1. The highest BCUT2D eigenvalue weighted by Crippen LogP contribution is 2.32.